The van der Waals surface area contributed by atoms with Crippen LogP contribution in [0, 0.1) is 12.8 Å². The molecule has 1 amide bonds. The number of benzene rings is 1. The Bertz CT molecular complexity index is 960. The van der Waals surface area contributed by atoms with Crippen molar-refractivity contribution >= 4 is 17.4 Å². The average Bonchev–Trinajstić information content (AvgIpc) is 3.12. The molecule has 1 N–H and O–H groups in total. The maximum absolute atomic E-state index is 12.5. The Morgan fingerprint density at radius 2 is 1.89 bits per heavy atom. The molecule has 3 aromatic rings. The van der Waals surface area contributed by atoms with E-state index in [1.807, 2.05) is 43.3 Å². The number of aryl methyl sites for hydroxylation is 1. The number of nitrogens with zero attached hydrogens (tertiary/aromatic N) is 5. The van der Waals surface area contributed by atoms with Crippen LogP contribution in [0.3, 0.4) is 0 Å². The molecule has 1 aromatic carbocycles. The molecule has 8 nitrogen and oxygen atoms in total. The van der Waals surface area contributed by atoms with Gasteiger partial charge in [0, 0.05) is 25.6 Å². The summed E-state index contributed by atoms with van der Waals surface area (Å²) in [6.45, 7) is 4.03. The van der Waals surface area contributed by atoms with Crippen molar-refractivity contribution in [2.24, 2.45) is 5.92 Å². The number of ether oxygens (including phenoxy) is 1. The van der Waals surface area contributed by atoms with Gasteiger partial charge in [0.2, 0.25) is 5.91 Å². The van der Waals surface area contributed by atoms with Gasteiger partial charge in [0.1, 0.15) is 11.6 Å². The summed E-state index contributed by atoms with van der Waals surface area (Å²) in [4.78, 5) is 14.7. The number of piperidine rings is 1. The summed E-state index contributed by atoms with van der Waals surface area (Å²) in [6.07, 6.45) is 1.63. The predicted molar refractivity (Wildman–Crippen MR) is 105 cm³/mol. The summed E-state index contributed by atoms with van der Waals surface area (Å²) >= 11 is 0. The van der Waals surface area contributed by atoms with Crippen LogP contribution in [0.5, 0.6) is 5.75 Å². The van der Waals surface area contributed by atoms with E-state index in [9.17, 15) is 4.79 Å². The van der Waals surface area contributed by atoms with Gasteiger partial charge in [-0.25, -0.2) is 0 Å². The van der Waals surface area contributed by atoms with Gasteiger partial charge in [0.05, 0.1) is 7.11 Å². The van der Waals surface area contributed by atoms with E-state index < -0.39 is 0 Å². The second-order valence-electron chi connectivity index (χ2n) is 7.04. The Hall–Kier alpha value is -3.16. The maximum atomic E-state index is 12.5. The lowest BCUT2D eigenvalue weighted by Crippen LogP contribution is -2.40. The number of carbonyl (C=O) groups excluding carboxylic acids is 1. The van der Waals surface area contributed by atoms with Crippen LogP contribution in [-0.4, -0.2) is 45.9 Å². The fourth-order valence-corrected chi connectivity index (χ4v) is 3.50. The molecule has 0 saturated carbocycles. The highest BCUT2D eigenvalue weighted by molar-refractivity contribution is 5.79. The van der Waals surface area contributed by atoms with Crippen LogP contribution >= 0.6 is 0 Å². The molecule has 0 aliphatic carbocycles. The SMILES string of the molecule is COc1ccc(CNC(=O)C2CCN(c3ccc4nnc(C)n4n3)CC2)cc1. The fourth-order valence-electron chi connectivity index (χ4n) is 3.50. The third kappa shape index (κ3) is 3.76. The molecule has 0 atom stereocenters. The molecule has 2 aromatic heterocycles. The van der Waals surface area contributed by atoms with Gasteiger partial charge in [-0.3, -0.25) is 4.79 Å². The smallest absolute Gasteiger partial charge is 0.223 e. The molecule has 1 saturated heterocycles. The van der Waals surface area contributed by atoms with E-state index in [1.165, 1.54) is 0 Å². The van der Waals surface area contributed by atoms with Crippen molar-refractivity contribution in [2.45, 2.75) is 26.3 Å². The molecule has 1 fully saturated rings. The number of fused-ring (bicyclic) bond motifs is 1. The van der Waals surface area contributed by atoms with E-state index in [0.29, 0.717) is 6.54 Å². The zero-order chi connectivity index (χ0) is 19.5. The van der Waals surface area contributed by atoms with Gasteiger partial charge in [-0.05, 0) is 49.6 Å². The highest BCUT2D eigenvalue weighted by Gasteiger charge is 2.25. The normalized spacial score (nSPS) is 15.0. The average molecular weight is 380 g/mol. The summed E-state index contributed by atoms with van der Waals surface area (Å²) in [5.41, 5.74) is 1.81. The first-order valence-electron chi connectivity index (χ1n) is 9.48. The largest absolute Gasteiger partial charge is 0.497 e. The standard InChI is InChI=1S/C20H24N6O2/c1-14-22-23-18-7-8-19(24-26(14)18)25-11-9-16(10-12-25)20(27)21-13-15-3-5-17(28-2)6-4-15/h3-8,16H,9-13H2,1-2H3,(H,21,27). The number of aromatic nitrogens is 4. The zero-order valence-electron chi connectivity index (χ0n) is 16.1. The molecule has 4 rings (SSSR count). The molecule has 1 aliphatic rings. The molecular formula is C20H24N6O2. The Kier molecular flexibility index (Phi) is 5.10. The summed E-state index contributed by atoms with van der Waals surface area (Å²) in [5.74, 6) is 2.64. The first kappa shape index (κ1) is 18.2. The fraction of sp³-hybridized carbons (Fsp3) is 0.400. The van der Waals surface area contributed by atoms with Gasteiger partial charge in [-0.15, -0.1) is 15.3 Å². The van der Waals surface area contributed by atoms with Gasteiger partial charge in [-0.2, -0.15) is 4.52 Å². The van der Waals surface area contributed by atoms with E-state index in [0.717, 1.165) is 54.5 Å². The van der Waals surface area contributed by atoms with Gasteiger partial charge in [0.25, 0.3) is 0 Å². The summed E-state index contributed by atoms with van der Waals surface area (Å²) < 4.78 is 6.91. The number of anilines is 1. The molecule has 0 bridgehead atoms. The molecule has 0 spiro atoms. The van der Waals surface area contributed by atoms with E-state index in [4.69, 9.17) is 4.74 Å². The lowest BCUT2D eigenvalue weighted by molar-refractivity contribution is -0.125. The van der Waals surface area contributed by atoms with E-state index in [2.05, 4.69) is 25.5 Å². The van der Waals surface area contributed by atoms with Gasteiger partial charge >= 0.3 is 0 Å². The van der Waals surface area contributed by atoms with Crippen molar-refractivity contribution < 1.29 is 9.53 Å². The number of methoxy groups -OCH3 is 1. The van der Waals surface area contributed by atoms with Crippen molar-refractivity contribution in [3.63, 3.8) is 0 Å². The molecule has 1 aliphatic heterocycles. The molecule has 28 heavy (non-hydrogen) atoms. The summed E-state index contributed by atoms with van der Waals surface area (Å²) in [5, 5.41) is 15.8. The van der Waals surface area contributed by atoms with E-state index in [1.54, 1.807) is 11.6 Å². The summed E-state index contributed by atoms with van der Waals surface area (Å²) in [6, 6.07) is 11.6. The van der Waals surface area contributed by atoms with Gasteiger partial charge < -0.3 is 15.0 Å². The molecular weight excluding hydrogens is 356 g/mol. The topological polar surface area (TPSA) is 84.6 Å². The zero-order valence-corrected chi connectivity index (χ0v) is 16.1. The highest BCUT2D eigenvalue weighted by atomic mass is 16.5. The number of rotatable bonds is 5. The first-order chi connectivity index (χ1) is 13.6. The minimum Gasteiger partial charge on any atom is -0.497 e. The van der Waals surface area contributed by atoms with Crippen molar-refractivity contribution in [3.8, 4) is 5.75 Å². The van der Waals surface area contributed by atoms with Gasteiger partial charge in [0.15, 0.2) is 11.5 Å². The minimum atomic E-state index is 0.0369. The van der Waals surface area contributed by atoms with Crippen LogP contribution in [0.2, 0.25) is 0 Å². The molecule has 0 unspecified atom stereocenters. The Balaban J connectivity index is 1.31. The van der Waals surface area contributed by atoms with Crippen molar-refractivity contribution in [2.75, 3.05) is 25.1 Å². The maximum Gasteiger partial charge on any atom is 0.223 e. The third-order valence-electron chi connectivity index (χ3n) is 5.22. The second kappa shape index (κ2) is 7.84. The number of hydrogen-bond donors (Lipinski definition) is 1. The number of nitrogens with one attached hydrogen (secondary N) is 1. The lowest BCUT2D eigenvalue weighted by atomic mass is 9.96. The number of amides is 1. The van der Waals surface area contributed by atoms with E-state index >= 15 is 0 Å². The minimum absolute atomic E-state index is 0.0369. The van der Waals surface area contributed by atoms with Crippen molar-refractivity contribution in [1.29, 1.82) is 0 Å². The number of carbonyl (C=O) groups is 1. The highest BCUT2D eigenvalue weighted by Crippen LogP contribution is 2.22. The summed E-state index contributed by atoms with van der Waals surface area (Å²) in [7, 11) is 1.64. The monoisotopic (exact) mass is 380 g/mol. The Morgan fingerprint density at radius 3 is 2.61 bits per heavy atom. The van der Waals surface area contributed by atoms with Crippen LogP contribution in [0.1, 0.15) is 24.2 Å². The quantitative estimate of drug-likeness (QED) is 0.729. The third-order valence-corrected chi connectivity index (χ3v) is 5.22. The molecule has 3 heterocycles. The Labute approximate surface area is 163 Å². The van der Waals surface area contributed by atoms with Crippen LogP contribution in [0.25, 0.3) is 5.65 Å². The predicted octanol–water partition coefficient (Wildman–Crippen LogP) is 1.97. The molecule has 0 radical (unpaired) electrons. The van der Waals surface area contributed by atoms with Crippen molar-refractivity contribution in [3.05, 3.63) is 47.8 Å². The van der Waals surface area contributed by atoms with E-state index in [-0.39, 0.29) is 11.8 Å². The van der Waals surface area contributed by atoms with Gasteiger partial charge in [-0.1, -0.05) is 12.1 Å². The van der Waals surface area contributed by atoms with Crippen molar-refractivity contribution in [1.82, 2.24) is 25.1 Å². The second-order valence-corrected chi connectivity index (χ2v) is 7.04. The Morgan fingerprint density at radius 1 is 1.14 bits per heavy atom. The first-order valence-corrected chi connectivity index (χ1v) is 9.48. The molecule has 8 heteroatoms. The van der Waals surface area contributed by atoms with Crippen LogP contribution in [0.4, 0.5) is 5.82 Å². The van der Waals surface area contributed by atoms with Crippen LogP contribution in [0.15, 0.2) is 36.4 Å². The lowest BCUT2D eigenvalue weighted by Gasteiger charge is -2.32. The van der Waals surface area contributed by atoms with Crippen LogP contribution < -0.4 is 15.0 Å². The number of hydrogen-bond acceptors (Lipinski definition) is 6. The molecule has 146 valence electrons. The van der Waals surface area contributed by atoms with Crippen LogP contribution in [-0.2, 0) is 11.3 Å².